The number of aromatic nitrogens is 1. The minimum Gasteiger partial charge on any atom is -0.480 e. The van der Waals surface area contributed by atoms with Crippen LogP contribution >= 0.6 is 0 Å². The van der Waals surface area contributed by atoms with E-state index < -0.39 is 37.9 Å². The zero-order valence-electron chi connectivity index (χ0n) is 18.1. The number of piperazine rings is 1. The standard InChI is InChI=1S/C22H24F3N3O4S/c1-20(2)12-16-15(18-7-6-14(13-27-18)22(23,24)25)4-3-5-17(16)21(20,19(29)30)33(31,32)28-10-8-26-9-11-28/h3-7,13,26H,8-12H2,1-2H3,(H,29,30). The molecule has 2 aliphatic rings. The summed E-state index contributed by atoms with van der Waals surface area (Å²) in [4.78, 5) is 16.8. The highest BCUT2D eigenvalue weighted by Gasteiger charge is 2.68. The van der Waals surface area contributed by atoms with E-state index in [2.05, 4.69) is 10.3 Å². The normalized spacial score (nSPS) is 23.3. The number of fused-ring (bicyclic) bond motifs is 1. The number of pyridine rings is 1. The van der Waals surface area contributed by atoms with E-state index in [9.17, 15) is 31.5 Å². The Kier molecular flexibility index (Phi) is 5.58. The van der Waals surface area contributed by atoms with Crippen LogP contribution in [0.5, 0.6) is 0 Å². The number of carboxylic acids is 1. The third-order valence-electron chi connectivity index (χ3n) is 6.60. The fourth-order valence-electron chi connectivity index (χ4n) is 5.08. The van der Waals surface area contributed by atoms with Gasteiger partial charge in [-0.1, -0.05) is 32.0 Å². The fraction of sp³-hybridized carbons (Fsp3) is 0.455. The lowest BCUT2D eigenvalue weighted by atomic mass is 9.79. The molecule has 33 heavy (non-hydrogen) atoms. The number of rotatable bonds is 4. The molecule has 2 heterocycles. The van der Waals surface area contributed by atoms with Gasteiger partial charge >= 0.3 is 12.1 Å². The number of nitrogens with one attached hydrogen (secondary N) is 1. The van der Waals surface area contributed by atoms with Crippen molar-refractivity contribution in [1.82, 2.24) is 14.6 Å². The van der Waals surface area contributed by atoms with Crippen LogP contribution in [0.15, 0.2) is 36.5 Å². The summed E-state index contributed by atoms with van der Waals surface area (Å²) in [5, 5.41) is 13.5. The number of benzene rings is 1. The van der Waals surface area contributed by atoms with Gasteiger partial charge in [0.25, 0.3) is 0 Å². The molecule has 1 atom stereocenters. The second-order valence-electron chi connectivity index (χ2n) is 8.96. The Labute approximate surface area is 189 Å². The topological polar surface area (TPSA) is 99.6 Å². The molecule has 1 aromatic heterocycles. The van der Waals surface area contributed by atoms with E-state index in [0.29, 0.717) is 24.2 Å². The summed E-state index contributed by atoms with van der Waals surface area (Å²) in [6.07, 6.45) is -3.71. The van der Waals surface area contributed by atoms with Crippen LogP contribution in [0.3, 0.4) is 0 Å². The predicted octanol–water partition coefficient (Wildman–Crippen LogP) is 2.86. The molecule has 1 aliphatic carbocycles. The number of aliphatic carboxylic acids is 1. The Hall–Kier alpha value is -2.50. The Balaban J connectivity index is 1.92. The molecule has 0 amide bonds. The molecule has 11 heteroatoms. The molecule has 1 aliphatic heterocycles. The average Bonchev–Trinajstić information content (AvgIpc) is 3.01. The maximum absolute atomic E-state index is 13.9. The highest BCUT2D eigenvalue weighted by Crippen LogP contribution is 2.57. The van der Waals surface area contributed by atoms with Crippen LogP contribution in [-0.4, -0.2) is 55.0 Å². The smallest absolute Gasteiger partial charge is 0.417 e. The molecule has 7 nitrogen and oxygen atoms in total. The Morgan fingerprint density at radius 2 is 1.82 bits per heavy atom. The maximum Gasteiger partial charge on any atom is 0.417 e. The van der Waals surface area contributed by atoms with Gasteiger partial charge in [0.1, 0.15) is 0 Å². The van der Waals surface area contributed by atoms with Gasteiger partial charge in [-0.15, -0.1) is 0 Å². The molecule has 0 spiro atoms. The summed E-state index contributed by atoms with van der Waals surface area (Å²) in [6, 6.07) is 6.77. The van der Waals surface area contributed by atoms with Crippen LogP contribution < -0.4 is 5.32 Å². The number of hydrogen-bond donors (Lipinski definition) is 2. The summed E-state index contributed by atoms with van der Waals surface area (Å²) < 4.78 is 65.7. The molecule has 1 unspecified atom stereocenters. The van der Waals surface area contributed by atoms with E-state index in [0.717, 1.165) is 12.3 Å². The first-order valence-corrected chi connectivity index (χ1v) is 11.9. The molecule has 1 aromatic carbocycles. The molecule has 2 N–H and O–H groups in total. The van der Waals surface area contributed by atoms with E-state index in [4.69, 9.17) is 0 Å². The predicted molar refractivity (Wildman–Crippen MR) is 115 cm³/mol. The van der Waals surface area contributed by atoms with Crippen molar-refractivity contribution in [3.8, 4) is 11.3 Å². The van der Waals surface area contributed by atoms with Gasteiger partial charge in [-0.2, -0.15) is 17.5 Å². The lowest BCUT2D eigenvalue weighted by Gasteiger charge is -2.42. The maximum atomic E-state index is 13.9. The van der Waals surface area contributed by atoms with Gasteiger partial charge < -0.3 is 10.4 Å². The van der Waals surface area contributed by atoms with E-state index in [-0.39, 0.29) is 30.8 Å². The fourth-order valence-corrected chi connectivity index (χ4v) is 7.59. The van der Waals surface area contributed by atoms with Crippen molar-refractivity contribution in [3.63, 3.8) is 0 Å². The van der Waals surface area contributed by atoms with Crippen molar-refractivity contribution < 1.29 is 31.5 Å². The van der Waals surface area contributed by atoms with Crippen molar-refractivity contribution in [2.24, 2.45) is 5.41 Å². The number of nitrogens with zero attached hydrogens (tertiary/aromatic N) is 2. The molecule has 1 saturated heterocycles. The summed E-state index contributed by atoms with van der Waals surface area (Å²) in [5.41, 5.74) is -0.884. The van der Waals surface area contributed by atoms with Crippen molar-refractivity contribution >= 4 is 16.0 Å². The van der Waals surface area contributed by atoms with E-state index in [1.54, 1.807) is 19.9 Å². The van der Waals surface area contributed by atoms with E-state index in [1.165, 1.54) is 22.5 Å². The minimum atomic E-state index is -4.54. The third kappa shape index (κ3) is 3.44. The highest BCUT2D eigenvalue weighted by atomic mass is 32.2. The molecule has 0 bridgehead atoms. The van der Waals surface area contributed by atoms with Crippen LogP contribution in [-0.2, 0) is 32.2 Å². The van der Waals surface area contributed by atoms with Gasteiger partial charge in [0.15, 0.2) is 0 Å². The van der Waals surface area contributed by atoms with Crippen LogP contribution in [0.2, 0.25) is 0 Å². The van der Waals surface area contributed by atoms with E-state index in [1.807, 2.05) is 0 Å². The lowest BCUT2D eigenvalue weighted by molar-refractivity contribution is -0.143. The van der Waals surface area contributed by atoms with Gasteiger partial charge in [-0.25, -0.2) is 8.42 Å². The second-order valence-corrected chi connectivity index (χ2v) is 11.0. The summed E-state index contributed by atoms with van der Waals surface area (Å²) in [6.45, 7) is 4.34. The number of hydrogen-bond acceptors (Lipinski definition) is 5. The zero-order chi connectivity index (χ0) is 24.2. The van der Waals surface area contributed by atoms with Gasteiger partial charge in [0.2, 0.25) is 14.8 Å². The Morgan fingerprint density at radius 1 is 1.15 bits per heavy atom. The highest BCUT2D eigenvalue weighted by molar-refractivity contribution is 7.91. The average molecular weight is 484 g/mol. The number of carboxylic acid groups (broad SMARTS) is 1. The molecular weight excluding hydrogens is 459 g/mol. The molecule has 0 saturated carbocycles. The summed E-state index contributed by atoms with van der Waals surface area (Å²) >= 11 is 0. The van der Waals surface area contributed by atoms with Crippen molar-refractivity contribution in [2.45, 2.75) is 31.2 Å². The lowest BCUT2D eigenvalue weighted by Crippen LogP contribution is -2.60. The van der Waals surface area contributed by atoms with Gasteiger partial charge in [-0.3, -0.25) is 9.78 Å². The second kappa shape index (κ2) is 7.78. The zero-order valence-corrected chi connectivity index (χ0v) is 18.9. The van der Waals surface area contributed by atoms with E-state index >= 15 is 0 Å². The Bertz CT molecular complexity index is 1190. The number of carbonyl (C=O) groups is 1. The molecule has 0 radical (unpaired) electrons. The van der Waals surface area contributed by atoms with Crippen LogP contribution in [0.1, 0.15) is 30.5 Å². The van der Waals surface area contributed by atoms with Crippen LogP contribution in [0, 0.1) is 5.41 Å². The summed E-state index contributed by atoms with van der Waals surface area (Å²) in [7, 11) is -4.34. The number of alkyl halides is 3. The SMILES string of the molecule is CC1(C)Cc2c(-c3ccc(C(F)(F)F)cn3)cccc2C1(C(=O)O)S(=O)(=O)N1CCNCC1. The van der Waals surface area contributed by atoms with Gasteiger partial charge in [-0.05, 0) is 29.7 Å². The first kappa shape index (κ1) is 23.7. The largest absolute Gasteiger partial charge is 0.480 e. The van der Waals surface area contributed by atoms with Gasteiger partial charge in [0, 0.05) is 43.4 Å². The van der Waals surface area contributed by atoms with Crippen molar-refractivity contribution in [3.05, 3.63) is 53.2 Å². The molecule has 1 fully saturated rings. The first-order chi connectivity index (χ1) is 15.3. The van der Waals surface area contributed by atoms with Crippen LogP contribution in [0.4, 0.5) is 13.2 Å². The number of sulfonamides is 1. The molecule has 2 aromatic rings. The van der Waals surface area contributed by atoms with Crippen LogP contribution in [0.25, 0.3) is 11.3 Å². The summed E-state index contributed by atoms with van der Waals surface area (Å²) in [5.74, 6) is -1.47. The first-order valence-electron chi connectivity index (χ1n) is 10.4. The molecule has 178 valence electrons. The Morgan fingerprint density at radius 3 is 2.36 bits per heavy atom. The van der Waals surface area contributed by atoms with Crippen molar-refractivity contribution in [2.75, 3.05) is 26.2 Å². The monoisotopic (exact) mass is 483 g/mol. The number of halogens is 3. The van der Waals surface area contributed by atoms with Gasteiger partial charge in [0.05, 0.1) is 11.3 Å². The molecular formula is C22H24F3N3O4S. The minimum absolute atomic E-state index is 0.110. The third-order valence-corrected chi connectivity index (χ3v) is 9.36. The quantitative estimate of drug-likeness (QED) is 0.694. The molecule has 4 rings (SSSR count). The van der Waals surface area contributed by atoms with Crippen molar-refractivity contribution in [1.29, 1.82) is 0 Å².